The summed E-state index contributed by atoms with van der Waals surface area (Å²) in [6, 6.07) is 14.9. The van der Waals surface area contributed by atoms with E-state index in [4.69, 9.17) is 11.6 Å². The molecule has 0 bridgehead atoms. The minimum absolute atomic E-state index is 0.159. The average molecular weight is 397 g/mol. The van der Waals surface area contributed by atoms with E-state index in [1.165, 1.54) is 19.3 Å². The highest BCUT2D eigenvalue weighted by atomic mass is 35.5. The molecule has 0 atom stereocenters. The van der Waals surface area contributed by atoms with Crippen molar-refractivity contribution in [1.29, 1.82) is 0 Å². The van der Waals surface area contributed by atoms with Crippen LogP contribution in [0.1, 0.15) is 60.9 Å². The van der Waals surface area contributed by atoms with Crippen molar-refractivity contribution in [3.8, 4) is 0 Å². The lowest BCUT2D eigenvalue weighted by molar-refractivity contribution is -0.124. The summed E-state index contributed by atoms with van der Waals surface area (Å²) in [5.41, 5.74) is 1.77. The first kappa shape index (κ1) is 19.0. The fourth-order valence-electron chi connectivity index (χ4n) is 4.06. The number of anilines is 1. The SMILES string of the molecule is O=C(Nc1ccc(C2(C(=O)NC3CCCCC3)CC2)cc1)c1ccccc1Cl. The van der Waals surface area contributed by atoms with Crippen molar-refractivity contribution in [2.24, 2.45) is 0 Å². The first-order valence-electron chi connectivity index (χ1n) is 10.1. The monoisotopic (exact) mass is 396 g/mol. The van der Waals surface area contributed by atoms with Crippen LogP contribution >= 0.6 is 11.6 Å². The number of carbonyl (C=O) groups is 2. The zero-order valence-electron chi connectivity index (χ0n) is 15.8. The van der Waals surface area contributed by atoms with Crippen molar-refractivity contribution in [1.82, 2.24) is 5.32 Å². The summed E-state index contributed by atoms with van der Waals surface area (Å²) >= 11 is 6.09. The van der Waals surface area contributed by atoms with Gasteiger partial charge < -0.3 is 10.6 Å². The predicted molar refractivity (Wildman–Crippen MR) is 112 cm³/mol. The lowest BCUT2D eigenvalue weighted by Gasteiger charge is -2.25. The van der Waals surface area contributed by atoms with E-state index in [-0.39, 0.29) is 17.2 Å². The van der Waals surface area contributed by atoms with Gasteiger partial charge in [0, 0.05) is 11.7 Å². The number of carbonyl (C=O) groups excluding carboxylic acids is 2. The van der Waals surface area contributed by atoms with Gasteiger partial charge in [0.2, 0.25) is 5.91 Å². The number of halogens is 1. The second kappa shape index (κ2) is 7.96. The van der Waals surface area contributed by atoms with Crippen LogP contribution in [-0.4, -0.2) is 17.9 Å². The van der Waals surface area contributed by atoms with E-state index in [1.54, 1.807) is 24.3 Å². The van der Waals surface area contributed by atoms with E-state index in [2.05, 4.69) is 10.6 Å². The summed E-state index contributed by atoms with van der Waals surface area (Å²) < 4.78 is 0. The number of amides is 2. The Morgan fingerprint density at radius 3 is 2.25 bits per heavy atom. The van der Waals surface area contributed by atoms with Crippen LogP contribution < -0.4 is 10.6 Å². The minimum Gasteiger partial charge on any atom is -0.353 e. The summed E-state index contributed by atoms with van der Waals surface area (Å²) in [6.45, 7) is 0. The molecule has 0 aromatic heterocycles. The topological polar surface area (TPSA) is 58.2 Å². The third-order valence-corrected chi connectivity index (χ3v) is 6.27. The molecule has 2 saturated carbocycles. The van der Waals surface area contributed by atoms with Crippen LogP contribution in [0.4, 0.5) is 5.69 Å². The Kier molecular flexibility index (Phi) is 5.40. The number of benzene rings is 2. The van der Waals surface area contributed by atoms with E-state index in [0.29, 0.717) is 22.3 Å². The molecule has 0 unspecified atom stereocenters. The molecule has 2 aromatic rings. The lowest BCUT2D eigenvalue weighted by Crippen LogP contribution is -2.42. The third-order valence-electron chi connectivity index (χ3n) is 5.94. The maximum atomic E-state index is 12.9. The fraction of sp³-hybridized carbons (Fsp3) is 0.391. The molecule has 2 N–H and O–H groups in total. The Labute approximate surface area is 170 Å². The number of hydrogen-bond donors (Lipinski definition) is 2. The van der Waals surface area contributed by atoms with Gasteiger partial charge in [-0.15, -0.1) is 0 Å². The number of hydrogen-bond acceptors (Lipinski definition) is 2. The molecule has 2 fully saturated rings. The highest BCUT2D eigenvalue weighted by molar-refractivity contribution is 6.34. The summed E-state index contributed by atoms with van der Waals surface area (Å²) in [5, 5.41) is 6.56. The zero-order valence-corrected chi connectivity index (χ0v) is 16.6. The first-order valence-corrected chi connectivity index (χ1v) is 10.4. The third kappa shape index (κ3) is 3.93. The van der Waals surface area contributed by atoms with Crippen LogP contribution in [-0.2, 0) is 10.2 Å². The number of nitrogens with one attached hydrogen (secondary N) is 2. The highest BCUT2D eigenvalue weighted by Crippen LogP contribution is 2.48. The van der Waals surface area contributed by atoms with Crippen molar-refractivity contribution in [3.05, 3.63) is 64.7 Å². The van der Waals surface area contributed by atoms with Gasteiger partial charge in [0.05, 0.1) is 16.0 Å². The second-order valence-electron chi connectivity index (χ2n) is 7.90. The molecule has 146 valence electrons. The van der Waals surface area contributed by atoms with Gasteiger partial charge in [0.15, 0.2) is 0 Å². The number of rotatable bonds is 5. The molecule has 0 radical (unpaired) electrons. The molecule has 0 saturated heterocycles. The van der Waals surface area contributed by atoms with Gasteiger partial charge in [-0.05, 0) is 55.5 Å². The molecule has 2 aliphatic carbocycles. The van der Waals surface area contributed by atoms with Crippen molar-refractivity contribution in [2.75, 3.05) is 5.32 Å². The molecule has 0 aliphatic heterocycles. The summed E-state index contributed by atoms with van der Waals surface area (Å²) in [4.78, 5) is 25.3. The van der Waals surface area contributed by atoms with Crippen LogP contribution in [0.3, 0.4) is 0 Å². The van der Waals surface area contributed by atoms with Crippen molar-refractivity contribution < 1.29 is 9.59 Å². The fourth-order valence-corrected chi connectivity index (χ4v) is 4.28. The van der Waals surface area contributed by atoms with E-state index in [1.807, 2.05) is 24.3 Å². The van der Waals surface area contributed by atoms with E-state index in [0.717, 1.165) is 31.2 Å². The van der Waals surface area contributed by atoms with Crippen LogP contribution in [0.2, 0.25) is 5.02 Å². The summed E-state index contributed by atoms with van der Waals surface area (Å²) in [7, 11) is 0. The molecule has 4 nitrogen and oxygen atoms in total. The Hall–Kier alpha value is -2.33. The van der Waals surface area contributed by atoms with Crippen LogP contribution in [0.25, 0.3) is 0 Å². The maximum Gasteiger partial charge on any atom is 0.257 e. The molecule has 0 heterocycles. The Bertz CT molecular complexity index is 868. The highest BCUT2D eigenvalue weighted by Gasteiger charge is 2.51. The van der Waals surface area contributed by atoms with E-state index in [9.17, 15) is 9.59 Å². The molecule has 4 rings (SSSR count). The Morgan fingerprint density at radius 1 is 0.929 bits per heavy atom. The van der Waals surface area contributed by atoms with E-state index >= 15 is 0 Å². The van der Waals surface area contributed by atoms with Crippen molar-refractivity contribution in [3.63, 3.8) is 0 Å². The molecule has 5 heteroatoms. The van der Waals surface area contributed by atoms with Crippen LogP contribution in [0.15, 0.2) is 48.5 Å². The van der Waals surface area contributed by atoms with Crippen LogP contribution in [0.5, 0.6) is 0 Å². The molecule has 2 amide bonds. The normalized spacial score (nSPS) is 18.3. The van der Waals surface area contributed by atoms with Gasteiger partial charge in [0.1, 0.15) is 0 Å². The van der Waals surface area contributed by atoms with Crippen molar-refractivity contribution in [2.45, 2.75) is 56.4 Å². The molecule has 2 aromatic carbocycles. The maximum absolute atomic E-state index is 12.9. The smallest absolute Gasteiger partial charge is 0.257 e. The second-order valence-corrected chi connectivity index (χ2v) is 8.31. The van der Waals surface area contributed by atoms with Gasteiger partial charge in [0.25, 0.3) is 5.91 Å². The quantitative estimate of drug-likeness (QED) is 0.740. The van der Waals surface area contributed by atoms with Gasteiger partial charge in [-0.25, -0.2) is 0 Å². The Balaban J connectivity index is 1.42. The predicted octanol–water partition coefficient (Wildman–Crippen LogP) is 5.07. The molecule has 0 spiro atoms. The molecular formula is C23H25ClN2O2. The van der Waals surface area contributed by atoms with E-state index < -0.39 is 0 Å². The standard InChI is InChI=1S/C23H25ClN2O2/c24-20-9-5-4-8-19(20)21(27)25-18-12-10-16(11-13-18)23(14-15-23)22(28)26-17-6-2-1-3-7-17/h4-5,8-13,17H,1-3,6-7,14-15H2,(H,25,27)(H,26,28). The summed E-state index contributed by atoms with van der Waals surface area (Å²) in [6.07, 6.45) is 7.64. The van der Waals surface area contributed by atoms with Gasteiger partial charge in [-0.1, -0.05) is 55.1 Å². The average Bonchev–Trinajstić information content (AvgIpc) is 3.52. The minimum atomic E-state index is -0.386. The van der Waals surface area contributed by atoms with Crippen LogP contribution in [0, 0.1) is 0 Å². The lowest BCUT2D eigenvalue weighted by atomic mass is 9.91. The summed E-state index contributed by atoms with van der Waals surface area (Å²) in [5.74, 6) is -0.0817. The van der Waals surface area contributed by atoms with Crippen molar-refractivity contribution >= 4 is 29.1 Å². The molecule has 28 heavy (non-hydrogen) atoms. The first-order chi connectivity index (χ1) is 13.6. The zero-order chi connectivity index (χ0) is 19.6. The molecular weight excluding hydrogens is 372 g/mol. The van der Waals surface area contributed by atoms with Gasteiger partial charge >= 0.3 is 0 Å². The van der Waals surface area contributed by atoms with Gasteiger partial charge in [-0.2, -0.15) is 0 Å². The molecule has 2 aliphatic rings. The van der Waals surface area contributed by atoms with Gasteiger partial charge in [-0.3, -0.25) is 9.59 Å². The Morgan fingerprint density at radius 2 is 1.61 bits per heavy atom. The largest absolute Gasteiger partial charge is 0.353 e.